The van der Waals surface area contributed by atoms with Crippen molar-refractivity contribution in [3.63, 3.8) is 0 Å². The lowest BCUT2D eigenvalue weighted by Gasteiger charge is -2.38. The minimum atomic E-state index is -0.262. The maximum atomic E-state index is 13.1. The zero-order chi connectivity index (χ0) is 27.7. The van der Waals surface area contributed by atoms with Gasteiger partial charge in [-0.05, 0) is 50.8 Å². The van der Waals surface area contributed by atoms with Crippen LogP contribution in [0.4, 0.5) is 10.6 Å². The van der Waals surface area contributed by atoms with E-state index in [1.54, 1.807) is 17.1 Å². The Bertz CT molecular complexity index is 1240. The molecule has 2 aromatic rings. The molecule has 2 aromatic heterocycles. The number of nitrogens with zero attached hydrogens (tertiary/aromatic N) is 6. The highest BCUT2D eigenvalue weighted by Crippen LogP contribution is 2.39. The van der Waals surface area contributed by atoms with Gasteiger partial charge in [0.05, 0.1) is 18.4 Å². The summed E-state index contributed by atoms with van der Waals surface area (Å²) in [6.45, 7) is 11.3. The van der Waals surface area contributed by atoms with Crippen LogP contribution in [0.5, 0.6) is 0 Å². The Kier molecular flexibility index (Phi) is 7.93. The van der Waals surface area contributed by atoms with Crippen molar-refractivity contribution in [2.75, 3.05) is 52.1 Å². The van der Waals surface area contributed by atoms with E-state index in [-0.39, 0.29) is 24.1 Å². The lowest BCUT2D eigenvalue weighted by molar-refractivity contribution is -0.125. The molecule has 3 aliphatic rings. The zero-order valence-corrected chi connectivity index (χ0v) is 23.5. The van der Waals surface area contributed by atoms with Crippen LogP contribution in [0.25, 0.3) is 11.7 Å². The summed E-state index contributed by atoms with van der Waals surface area (Å²) in [5.41, 5.74) is 2.78. The Hall–Kier alpha value is -3.40. The third-order valence-electron chi connectivity index (χ3n) is 8.21. The molecular formula is C29H41N7O3. The van der Waals surface area contributed by atoms with Crippen LogP contribution in [0.15, 0.2) is 31.0 Å². The molecule has 2 saturated heterocycles. The number of ether oxygens (including phenoxy) is 1. The van der Waals surface area contributed by atoms with E-state index in [4.69, 9.17) is 9.72 Å². The first-order chi connectivity index (χ1) is 18.7. The molecule has 5 rings (SSSR count). The molecule has 0 spiro atoms. The molecule has 0 aromatic carbocycles. The van der Waals surface area contributed by atoms with Gasteiger partial charge in [-0.3, -0.25) is 4.79 Å². The molecule has 3 atom stereocenters. The molecule has 4 heterocycles. The van der Waals surface area contributed by atoms with Crippen LogP contribution in [0, 0.1) is 11.8 Å². The fourth-order valence-corrected chi connectivity index (χ4v) is 6.10. The molecule has 10 heteroatoms. The van der Waals surface area contributed by atoms with E-state index in [2.05, 4.69) is 30.8 Å². The van der Waals surface area contributed by atoms with Gasteiger partial charge in [0.25, 0.3) is 0 Å². The first-order valence-electron chi connectivity index (χ1n) is 14.1. The van der Waals surface area contributed by atoms with Crippen molar-refractivity contribution >= 4 is 29.5 Å². The molecule has 1 saturated carbocycles. The Morgan fingerprint density at radius 3 is 2.59 bits per heavy atom. The second kappa shape index (κ2) is 11.4. The molecule has 2 aliphatic heterocycles. The standard InChI is InChI=1S/C29H41N7O3/c1-6-22-14-25(36-28(31-22)24(15-30-36)19(2)3)32-27-20-9-10-21(27)17-35(16-20)29(38)39-23-11-13-34(18-23)26(37)8-7-12-33(4)5/h6-8,14-15,19-21,23,27,32H,1,9-13,16-18H2,2-5H3/b8-7+. The van der Waals surface area contributed by atoms with Gasteiger partial charge >= 0.3 is 6.09 Å². The van der Waals surface area contributed by atoms with E-state index in [0.29, 0.717) is 56.9 Å². The van der Waals surface area contributed by atoms with Crippen LogP contribution < -0.4 is 5.32 Å². The molecule has 1 aliphatic carbocycles. The Morgan fingerprint density at radius 2 is 1.92 bits per heavy atom. The van der Waals surface area contributed by atoms with Crippen LogP contribution in [-0.2, 0) is 9.53 Å². The summed E-state index contributed by atoms with van der Waals surface area (Å²) in [5, 5.41) is 8.40. The van der Waals surface area contributed by atoms with Crippen molar-refractivity contribution in [3.05, 3.63) is 42.3 Å². The van der Waals surface area contributed by atoms with Crippen molar-refractivity contribution in [2.24, 2.45) is 11.8 Å². The van der Waals surface area contributed by atoms with Gasteiger partial charge in [0.1, 0.15) is 11.9 Å². The van der Waals surface area contributed by atoms with Crippen LogP contribution in [0.2, 0.25) is 0 Å². The smallest absolute Gasteiger partial charge is 0.410 e. The van der Waals surface area contributed by atoms with E-state index in [0.717, 1.165) is 35.6 Å². The summed E-state index contributed by atoms with van der Waals surface area (Å²) in [6, 6.07) is 2.25. The molecule has 210 valence electrons. The minimum absolute atomic E-state index is 0.0251. The number of fused-ring (bicyclic) bond motifs is 3. The largest absolute Gasteiger partial charge is 0.444 e. The number of likely N-dealkylation sites (N-methyl/N-ethyl adjacent to an activating group) is 1. The Balaban J connectivity index is 1.19. The Morgan fingerprint density at radius 1 is 1.18 bits per heavy atom. The number of aromatic nitrogens is 3. The second-order valence-electron chi connectivity index (χ2n) is 11.7. The second-order valence-corrected chi connectivity index (χ2v) is 11.7. The summed E-state index contributed by atoms with van der Waals surface area (Å²) in [4.78, 5) is 35.9. The van der Waals surface area contributed by atoms with E-state index >= 15 is 0 Å². The first-order valence-corrected chi connectivity index (χ1v) is 14.1. The lowest BCUT2D eigenvalue weighted by Crippen LogP contribution is -2.51. The molecule has 3 unspecified atom stereocenters. The van der Waals surface area contributed by atoms with E-state index in [9.17, 15) is 9.59 Å². The number of rotatable bonds is 8. The summed E-state index contributed by atoms with van der Waals surface area (Å²) >= 11 is 0. The van der Waals surface area contributed by atoms with Crippen molar-refractivity contribution in [1.82, 2.24) is 29.3 Å². The van der Waals surface area contributed by atoms with Crippen LogP contribution in [0.3, 0.4) is 0 Å². The minimum Gasteiger partial charge on any atom is -0.444 e. The van der Waals surface area contributed by atoms with Gasteiger partial charge < -0.3 is 24.8 Å². The van der Waals surface area contributed by atoms with Gasteiger partial charge in [0, 0.05) is 56.3 Å². The van der Waals surface area contributed by atoms with Gasteiger partial charge in [-0.25, -0.2) is 9.78 Å². The highest BCUT2D eigenvalue weighted by atomic mass is 16.6. The number of carbonyl (C=O) groups excluding carboxylic acids is 2. The number of piperidine rings is 1. The predicted octanol–water partition coefficient (Wildman–Crippen LogP) is 3.47. The van der Waals surface area contributed by atoms with Gasteiger partial charge in [-0.15, -0.1) is 0 Å². The van der Waals surface area contributed by atoms with E-state index in [1.807, 2.05) is 46.7 Å². The molecule has 0 radical (unpaired) electrons. The molecular weight excluding hydrogens is 494 g/mol. The lowest BCUT2D eigenvalue weighted by atomic mass is 9.92. The van der Waals surface area contributed by atoms with Gasteiger partial charge in [0.15, 0.2) is 5.65 Å². The summed E-state index contributed by atoms with van der Waals surface area (Å²) in [7, 11) is 3.92. The normalized spacial score (nSPS) is 24.9. The van der Waals surface area contributed by atoms with Gasteiger partial charge in [-0.2, -0.15) is 9.61 Å². The van der Waals surface area contributed by atoms with E-state index in [1.165, 1.54) is 0 Å². The number of amides is 2. The van der Waals surface area contributed by atoms with Crippen LogP contribution >= 0.6 is 0 Å². The molecule has 39 heavy (non-hydrogen) atoms. The number of anilines is 1. The quantitative estimate of drug-likeness (QED) is 0.517. The van der Waals surface area contributed by atoms with Gasteiger partial charge in [-0.1, -0.05) is 26.5 Å². The SMILES string of the molecule is C=Cc1cc(NC2C3CCC2CN(C(=O)OC2CCN(C(=O)/C=C/CN(C)C)C2)C3)n2ncc(C(C)C)c2n1. The maximum absolute atomic E-state index is 13.1. The number of likely N-dealkylation sites (tertiary alicyclic amines) is 2. The van der Waals surface area contributed by atoms with E-state index < -0.39 is 0 Å². The van der Waals surface area contributed by atoms with Crippen LogP contribution in [0.1, 0.15) is 50.3 Å². The highest BCUT2D eigenvalue weighted by molar-refractivity contribution is 5.87. The monoisotopic (exact) mass is 535 g/mol. The van der Waals surface area contributed by atoms with Gasteiger partial charge in [0.2, 0.25) is 5.91 Å². The average molecular weight is 536 g/mol. The third-order valence-corrected chi connectivity index (χ3v) is 8.21. The van der Waals surface area contributed by atoms with Crippen molar-refractivity contribution in [1.29, 1.82) is 0 Å². The number of hydrogen-bond donors (Lipinski definition) is 1. The molecule has 1 N–H and O–H groups in total. The highest BCUT2D eigenvalue weighted by Gasteiger charge is 2.44. The molecule has 3 fully saturated rings. The molecule has 2 bridgehead atoms. The van der Waals surface area contributed by atoms with Crippen molar-refractivity contribution in [2.45, 2.75) is 51.2 Å². The number of nitrogens with one attached hydrogen (secondary N) is 1. The fraction of sp³-hybridized carbons (Fsp3) is 0.586. The fourth-order valence-electron chi connectivity index (χ4n) is 6.10. The first kappa shape index (κ1) is 27.2. The topological polar surface area (TPSA) is 95.3 Å². The third kappa shape index (κ3) is 5.80. The number of hydrogen-bond acceptors (Lipinski definition) is 7. The van der Waals surface area contributed by atoms with Crippen LogP contribution in [-0.4, -0.2) is 100 Å². The summed E-state index contributed by atoms with van der Waals surface area (Å²) in [5.74, 6) is 1.86. The van der Waals surface area contributed by atoms with Crippen molar-refractivity contribution in [3.8, 4) is 0 Å². The predicted molar refractivity (Wildman–Crippen MR) is 152 cm³/mol. The summed E-state index contributed by atoms with van der Waals surface area (Å²) < 4.78 is 7.77. The zero-order valence-electron chi connectivity index (χ0n) is 23.5. The average Bonchev–Trinajstić information content (AvgIpc) is 3.59. The molecule has 10 nitrogen and oxygen atoms in total. The number of carbonyl (C=O) groups is 2. The Labute approximate surface area is 230 Å². The maximum Gasteiger partial charge on any atom is 0.410 e. The van der Waals surface area contributed by atoms with Crippen molar-refractivity contribution < 1.29 is 14.3 Å². The summed E-state index contributed by atoms with van der Waals surface area (Å²) in [6.07, 6.45) is 9.43. The molecule has 2 amide bonds.